The first-order valence-electron chi connectivity index (χ1n) is 5.60. The number of hydrogen-bond donors (Lipinski definition) is 0. The summed E-state index contributed by atoms with van der Waals surface area (Å²) in [5.41, 5.74) is 1.01. The first kappa shape index (κ1) is 11.7. The highest BCUT2D eigenvalue weighted by Gasteiger charge is 2.14. The predicted molar refractivity (Wildman–Crippen MR) is 62.8 cm³/mol. The van der Waals surface area contributed by atoms with Crippen LogP contribution in [0.2, 0.25) is 0 Å². The molecule has 0 bridgehead atoms. The molecule has 1 aromatic heterocycles. The summed E-state index contributed by atoms with van der Waals surface area (Å²) in [6, 6.07) is 3.82. The topological polar surface area (TPSA) is 31.4 Å². The second-order valence-corrected chi connectivity index (χ2v) is 4.27. The molecule has 0 aromatic carbocycles. The Kier molecular flexibility index (Phi) is 4.43. The standard InChI is InChI=1S/C12H16ClNO2/c13-7-11-1-2-12(14-8-11)16-9-10-3-5-15-6-4-10/h1-2,8,10H,3-7,9H2. The van der Waals surface area contributed by atoms with Crippen molar-refractivity contribution in [1.29, 1.82) is 0 Å². The molecule has 0 N–H and O–H groups in total. The predicted octanol–water partition coefficient (Wildman–Crippen LogP) is 2.63. The zero-order chi connectivity index (χ0) is 11.2. The third-order valence-electron chi connectivity index (χ3n) is 2.76. The van der Waals surface area contributed by atoms with Gasteiger partial charge in [-0.25, -0.2) is 4.98 Å². The van der Waals surface area contributed by atoms with E-state index in [1.54, 1.807) is 6.20 Å². The minimum Gasteiger partial charge on any atom is -0.477 e. The fourth-order valence-electron chi connectivity index (χ4n) is 1.69. The lowest BCUT2D eigenvalue weighted by molar-refractivity contribution is 0.0490. The van der Waals surface area contributed by atoms with Crippen LogP contribution in [0.3, 0.4) is 0 Å². The van der Waals surface area contributed by atoms with Crippen LogP contribution in [0.1, 0.15) is 18.4 Å². The highest BCUT2D eigenvalue weighted by molar-refractivity contribution is 6.17. The van der Waals surface area contributed by atoms with Crippen LogP contribution in [0.5, 0.6) is 5.88 Å². The minimum absolute atomic E-state index is 0.493. The SMILES string of the molecule is ClCc1ccc(OCC2CCOCC2)nc1. The Morgan fingerprint density at radius 2 is 2.19 bits per heavy atom. The molecule has 0 unspecified atom stereocenters. The van der Waals surface area contributed by atoms with Crippen molar-refractivity contribution in [2.75, 3.05) is 19.8 Å². The number of ether oxygens (including phenoxy) is 2. The molecule has 0 aliphatic carbocycles. The average molecular weight is 242 g/mol. The van der Waals surface area contributed by atoms with Gasteiger partial charge in [0.15, 0.2) is 0 Å². The summed E-state index contributed by atoms with van der Waals surface area (Å²) in [5, 5.41) is 0. The van der Waals surface area contributed by atoms with Gasteiger partial charge in [0.1, 0.15) is 0 Å². The van der Waals surface area contributed by atoms with Crippen molar-refractivity contribution < 1.29 is 9.47 Å². The molecule has 1 aliphatic heterocycles. The van der Waals surface area contributed by atoms with Crippen LogP contribution in [-0.2, 0) is 10.6 Å². The van der Waals surface area contributed by atoms with Gasteiger partial charge in [-0.3, -0.25) is 0 Å². The smallest absolute Gasteiger partial charge is 0.213 e. The number of pyridine rings is 1. The lowest BCUT2D eigenvalue weighted by atomic mass is 10.0. The molecule has 1 fully saturated rings. The van der Waals surface area contributed by atoms with Gasteiger partial charge in [-0.2, -0.15) is 0 Å². The van der Waals surface area contributed by atoms with Crippen LogP contribution in [0.4, 0.5) is 0 Å². The van der Waals surface area contributed by atoms with Crippen molar-refractivity contribution in [2.24, 2.45) is 5.92 Å². The molecule has 0 atom stereocenters. The molecule has 88 valence electrons. The van der Waals surface area contributed by atoms with Gasteiger partial charge in [-0.15, -0.1) is 11.6 Å². The fourth-order valence-corrected chi connectivity index (χ4v) is 1.85. The number of alkyl halides is 1. The van der Waals surface area contributed by atoms with E-state index in [0.717, 1.165) is 38.2 Å². The quantitative estimate of drug-likeness (QED) is 0.760. The molecule has 0 amide bonds. The van der Waals surface area contributed by atoms with Gasteiger partial charge in [0.05, 0.1) is 6.61 Å². The summed E-state index contributed by atoms with van der Waals surface area (Å²) >= 11 is 5.68. The maximum Gasteiger partial charge on any atom is 0.213 e. The van der Waals surface area contributed by atoms with Gasteiger partial charge >= 0.3 is 0 Å². The highest BCUT2D eigenvalue weighted by Crippen LogP contribution is 2.16. The largest absolute Gasteiger partial charge is 0.477 e. The molecule has 0 radical (unpaired) electrons. The minimum atomic E-state index is 0.493. The van der Waals surface area contributed by atoms with Crippen LogP contribution in [0.15, 0.2) is 18.3 Å². The summed E-state index contributed by atoms with van der Waals surface area (Å²) in [6.07, 6.45) is 3.92. The Morgan fingerprint density at radius 1 is 1.38 bits per heavy atom. The summed E-state index contributed by atoms with van der Waals surface area (Å²) in [6.45, 7) is 2.44. The van der Waals surface area contributed by atoms with Gasteiger partial charge in [-0.05, 0) is 24.3 Å². The molecule has 0 saturated carbocycles. The molecule has 2 heterocycles. The van der Waals surface area contributed by atoms with E-state index in [0.29, 0.717) is 17.7 Å². The summed E-state index contributed by atoms with van der Waals surface area (Å²) < 4.78 is 10.9. The van der Waals surface area contributed by atoms with Gasteiger partial charge in [-0.1, -0.05) is 6.07 Å². The second kappa shape index (κ2) is 6.06. The van der Waals surface area contributed by atoms with Crippen molar-refractivity contribution in [3.63, 3.8) is 0 Å². The Morgan fingerprint density at radius 3 is 2.81 bits per heavy atom. The van der Waals surface area contributed by atoms with E-state index >= 15 is 0 Å². The molecule has 1 aliphatic rings. The lowest BCUT2D eigenvalue weighted by Gasteiger charge is -2.21. The lowest BCUT2D eigenvalue weighted by Crippen LogP contribution is -2.21. The molecule has 4 heteroatoms. The average Bonchev–Trinajstić information content (AvgIpc) is 2.38. The van der Waals surface area contributed by atoms with E-state index in [1.165, 1.54) is 0 Å². The molecule has 1 saturated heterocycles. The molecular formula is C12H16ClNO2. The second-order valence-electron chi connectivity index (χ2n) is 4.01. The van der Waals surface area contributed by atoms with E-state index in [-0.39, 0.29) is 0 Å². The molecule has 3 nitrogen and oxygen atoms in total. The molecule has 16 heavy (non-hydrogen) atoms. The van der Waals surface area contributed by atoms with Gasteiger partial charge < -0.3 is 9.47 Å². The van der Waals surface area contributed by atoms with E-state index in [4.69, 9.17) is 21.1 Å². The zero-order valence-electron chi connectivity index (χ0n) is 9.19. The fraction of sp³-hybridized carbons (Fsp3) is 0.583. The number of rotatable bonds is 4. The third kappa shape index (κ3) is 3.35. The van der Waals surface area contributed by atoms with Crippen molar-refractivity contribution in [2.45, 2.75) is 18.7 Å². The molecule has 1 aromatic rings. The van der Waals surface area contributed by atoms with Crippen molar-refractivity contribution in [3.8, 4) is 5.88 Å². The van der Waals surface area contributed by atoms with Crippen LogP contribution in [0, 0.1) is 5.92 Å². The number of halogens is 1. The number of hydrogen-bond acceptors (Lipinski definition) is 3. The monoisotopic (exact) mass is 241 g/mol. The first-order valence-corrected chi connectivity index (χ1v) is 6.13. The Bertz CT molecular complexity index is 309. The summed E-state index contributed by atoms with van der Waals surface area (Å²) in [7, 11) is 0. The first-order chi connectivity index (χ1) is 7.88. The maximum atomic E-state index is 5.68. The van der Waals surface area contributed by atoms with Crippen LogP contribution in [0.25, 0.3) is 0 Å². The van der Waals surface area contributed by atoms with E-state index in [9.17, 15) is 0 Å². The van der Waals surface area contributed by atoms with Crippen LogP contribution in [-0.4, -0.2) is 24.8 Å². The van der Waals surface area contributed by atoms with Gasteiger partial charge in [0.2, 0.25) is 5.88 Å². The Balaban J connectivity index is 1.79. The number of nitrogens with zero attached hydrogens (tertiary/aromatic N) is 1. The number of aromatic nitrogens is 1. The Hall–Kier alpha value is -0.800. The van der Waals surface area contributed by atoms with Crippen molar-refractivity contribution in [3.05, 3.63) is 23.9 Å². The third-order valence-corrected chi connectivity index (χ3v) is 3.07. The van der Waals surface area contributed by atoms with E-state index in [2.05, 4.69) is 4.98 Å². The maximum absolute atomic E-state index is 5.68. The molecule has 2 rings (SSSR count). The Labute approximate surface area is 101 Å². The van der Waals surface area contributed by atoms with E-state index < -0.39 is 0 Å². The van der Waals surface area contributed by atoms with Gasteiger partial charge in [0, 0.05) is 31.4 Å². The molecule has 0 spiro atoms. The van der Waals surface area contributed by atoms with Gasteiger partial charge in [0.25, 0.3) is 0 Å². The highest BCUT2D eigenvalue weighted by atomic mass is 35.5. The summed E-state index contributed by atoms with van der Waals surface area (Å²) in [4.78, 5) is 4.20. The van der Waals surface area contributed by atoms with Crippen LogP contribution < -0.4 is 4.74 Å². The molecular weight excluding hydrogens is 226 g/mol. The zero-order valence-corrected chi connectivity index (χ0v) is 9.95. The normalized spacial score (nSPS) is 17.3. The van der Waals surface area contributed by atoms with Crippen LogP contribution >= 0.6 is 11.6 Å². The summed E-state index contributed by atoms with van der Waals surface area (Å²) in [5.74, 6) is 1.77. The van der Waals surface area contributed by atoms with Crippen molar-refractivity contribution >= 4 is 11.6 Å². The van der Waals surface area contributed by atoms with Crippen molar-refractivity contribution in [1.82, 2.24) is 4.98 Å². The van der Waals surface area contributed by atoms with E-state index in [1.807, 2.05) is 12.1 Å².